The number of rotatable bonds is 8. The summed E-state index contributed by atoms with van der Waals surface area (Å²) in [5.41, 5.74) is 5.21. The molecule has 1 fully saturated rings. The summed E-state index contributed by atoms with van der Waals surface area (Å²) < 4.78 is 60.9. The number of anilines is 4. The molecule has 4 aromatic rings. The molecule has 3 N–H and O–H groups in total. The molecule has 2 heterocycles. The Morgan fingerprint density at radius 3 is 2.51 bits per heavy atom. The normalized spacial score (nSPS) is 14.0. The summed E-state index contributed by atoms with van der Waals surface area (Å²) in [6.45, 7) is 6.00. The van der Waals surface area contributed by atoms with Gasteiger partial charge in [-0.25, -0.2) is 14.8 Å². The Balaban J connectivity index is 1.37. The Kier molecular flexibility index (Phi) is 8.76. The molecule has 5 rings (SSSR count). The number of alkyl halides is 3. The van der Waals surface area contributed by atoms with E-state index in [2.05, 4.69) is 25.8 Å². The van der Waals surface area contributed by atoms with Crippen LogP contribution in [0.4, 0.5) is 40.7 Å². The summed E-state index contributed by atoms with van der Waals surface area (Å²) in [5, 5.41) is 17.2. The van der Waals surface area contributed by atoms with Gasteiger partial charge in [0.1, 0.15) is 5.75 Å². The lowest BCUT2D eigenvalue weighted by Gasteiger charge is -2.27. The second kappa shape index (κ2) is 12.7. The molecule has 0 aliphatic carbocycles. The quantitative estimate of drug-likeness (QED) is 0.113. The molecule has 0 spiro atoms. The number of morpholine rings is 1. The first-order valence-corrected chi connectivity index (χ1v) is 13.6. The van der Waals surface area contributed by atoms with E-state index in [9.17, 15) is 22.7 Å². The van der Waals surface area contributed by atoms with E-state index in [4.69, 9.17) is 4.74 Å². The van der Waals surface area contributed by atoms with Crippen LogP contribution in [0.2, 0.25) is 0 Å². The molecule has 12 heteroatoms. The number of hydrogen-bond donors (Lipinski definition) is 3. The molecular weight excluding hydrogens is 564 g/mol. The molecule has 0 bridgehead atoms. The predicted molar refractivity (Wildman–Crippen MR) is 159 cm³/mol. The second-order valence-corrected chi connectivity index (χ2v) is 10.3. The fourth-order valence-corrected chi connectivity index (χ4v) is 4.72. The SMILES string of the molecule is CC(C)c1cc(Nc2cc(-c3cccc(O)c3)cc(C(F)(F)F)c2)ccc1/C=N/Nc1ncc(F)c(N2CCOCC2)n1. The monoisotopic (exact) mass is 594 g/mol. The fourth-order valence-electron chi connectivity index (χ4n) is 4.72. The summed E-state index contributed by atoms with van der Waals surface area (Å²) in [6, 6.07) is 15.2. The van der Waals surface area contributed by atoms with Crippen LogP contribution < -0.4 is 15.6 Å². The zero-order valence-electron chi connectivity index (χ0n) is 23.5. The van der Waals surface area contributed by atoms with Crippen LogP contribution in [0.15, 0.2) is 72.0 Å². The highest BCUT2D eigenvalue weighted by atomic mass is 19.4. The van der Waals surface area contributed by atoms with Crippen molar-refractivity contribution in [1.82, 2.24) is 9.97 Å². The minimum Gasteiger partial charge on any atom is -0.508 e. The molecule has 0 unspecified atom stereocenters. The molecule has 43 heavy (non-hydrogen) atoms. The first-order chi connectivity index (χ1) is 20.6. The molecule has 0 amide bonds. The maximum atomic E-state index is 14.3. The van der Waals surface area contributed by atoms with E-state index < -0.39 is 17.6 Å². The number of aromatic nitrogens is 2. The molecule has 1 aliphatic heterocycles. The van der Waals surface area contributed by atoms with Gasteiger partial charge in [0, 0.05) is 24.5 Å². The van der Waals surface area contributed by atoms with Crippen LogP contribution in [-0.2, 0) is 10.9 Å². The van der Waals surface area contributed by atoms with E-state index in [1.807, 2.05) is 19.9 Å². The maximum absolute atomic E-state index is 14.3. The van der Waals surface area contributed by atoms with Gasteiger partial charge < -0.3 is 20.1 Å². The third kappa shape index (κ3) is 7.39. The van der Waals surface area contributed by atoms with Crippen molar-refractivity contribution in [3.63, 3.8) is 0 Å². The van der Waals surface area contributed by atoms with Crippen LogP contribution >= 0.6 is 0 Å². The van der Waals surface area contributed by atoms with E-state index in [0.717, 1.165) is 29.5 Å². The van der Waals surface area contributed by atoms with Crippen molar-refractivity contribution in [3.8, 4) is 16.9 Å². The minimum absolute atomic E-state index is 0.0405. The van der Waals surface area contributed by atoms with E-state index in [1.54, 1.807) is 41.4 Å². The van der Waals surface area contributed by atoms with Crippen LogP contribution in [0.25, 0.3) is 11.1 Å². The number of aromatic hydroxyl groups is 1. The molecule has 0 atom stereocenters. The van der Waals surface area contributed by atoms with Crippen LogP contribution in [-0.4, -0.2) is 47.6 Å². The predicted octanol–water partition coefficient (Wildman–Crippen LogP) is 7.16. The van der Waals surface area contributed by atoms with Gasteiger partial charge in [0.15, 0.2) is 11.6 Å². The minimum atomic E-state index is -4.56. The van der Waals surface area contributed by atoms with Crippen molar-refractivity contribution in [2.24, 2.45) is 5.10 Å². The molecule has 0 radical (unpaired) electrons. The first kappa shape index (κ1) is 29.8. The Morgan fingerprint density at radius 1 is 1.00 bits per heavy atom. The number of phenolic OH excluding ortho intramolecular Hbond substituents is 1. The summed E-state index contributed by atoms with van der Waals surface area (Å²) in [4.78, 5) is 10.0. The van der Waals surface area contributed by atoms with Crippen LogP contribution in [0, 0.1) is 5.82 Å². The lowest BCUT2D eigenvalue weighted by Crippen LogP contribution is -2.37. The lowest BCUT2D eigenvalue weighted by molar-refractivity contribution is -0.137. The Labute approximate surface area is 246 Å². The number of hydrazone groups is 1. The number of nitrogens with zero attached hydrogens (tertiary/aromatic N) is 4. The van der Waals surface area contributed by atoms with Crippen molar-refractivity contribution in [1.29, 1.82) is 0 Å². The third-order valence-electron chi connectivity index (χ3n) is 6.84. The highest BCUT2D eigenvalue weighted by molar-refractivity contribution is 5.84. The highest BCUT2D eigenvalue weighted by Crippen LogP contribution is 2.37. The van der Waals surface area contributed by atoms with Crippen molar-refractivity contribution in [3.05, 3.63) is 89.4 Å². The van der Waals surface area contributed by atoms with Gasteiger partial charge >= 0.3 is 6.18 Å². The molecule has 8 nitrogen and oxygen atoms in total. The van der Waals surface area contributed by atoms with Gasteiger partial charge in [-0.3, -0.25) is 0 Å². The van der Waals surface area contributed by atoms with Crippen molar-refractivity contribution >= 4 is 29.4 Å². The number of benzene rings is 3. The Bertz CT molecular complexity index is 1620. The largest absolute Gasteiger partial charge is 0.508 e. The van der Waals surface area contributed by atoms with Gasteiger partial charge in [-0.2, -0.15) is 23.3 Å². The second-order valence-electron chi connectivity index (χ2n) is 10.3. The number of nitrogens with one attached hydrogen (secondary N) is 2. The zero-order chi connectivity index (χ0) is 30.6. The fraction of sp³-hybridized carbons (Fsp3) is 0.258. The highest BCUT2D eigenvalue weighted by Gasteiger charge is 2.31. The zero-order valence-corrected chi connectivity index (χ0v) is 23.5. The molecule has 1 aliphatic rings. The number of phenols is 1. The molecule has 224 valence electrons. The lowest BCUT2D eigenvalue weighted by atomic mass is 9.97. The van der Waals surface area contributed by atoms with Crippen molar-refractivity contribution in [2.45, 2.75) is 25.9 Å². The number of ether oxygens (including phenoxy) is 1. The summed E-state index contributed by atoms with van der Waals surface area (Å²) >= 11 is 0. The number of hydrogen-bond acceptors (Lipinski definition) is 8. The number of halogens is 4. The average molecular weight is 595 g/mol. The first-order valence-electron chi connectivity index (χ1n) is 13.6. The van der Waals surface area contributed by atoms with E-state index in [-0.39, 0.29) is 29.1 Å². The van der Waals surface area contributed by atoms with Gasteiger partial charge in [-0.05, 0) is 70.6 Å². The summed E-state index contributed by atoms with van der Waals surface area (Å²) in [5.74, 6) is -0.202. The molecule has 1 saturated heterocycles. The van der Waals surface area contributed by atoms with Crippen LogP contribution in [0.1, 0.15) is 36.5 Å². The van der Waals surface area contributed by atoms with Gasteiger partial charge in [0.05, 0.1) is 31.2 Å². The van der Waals surface area contributed by atoms with E-state index in [0.29, 0.717) is 43.1 Å². The Morgan fingerprint density at radius 2 is 1.79 bits per heavy atom. The summed E-state index contributed by atoms with van der Waals surface area (Å²) in [7, 11) is 0. The van der Waals surface area contributed by atoms with E-state index >= 15 is 0 Å². The third-order valence-corrected chi connectivity index (χ3v) is 6.84. The van der Waals surface area contributed by atoms with Crippen LogP contribution in [0.3, 0.4) is 0 Å². The van der Waals surface area contributed by atoms with Gasteiger partial charge in [-0.15, -0.1) is 0 Å². The molecular formula is C31H30F4N6O2. The molecule has 0 saturated carbocycles. The van der Waals surface area contributed by atoms with Gasteiger partial charge in [0.2, 0.25) is 5.95 Å². The van der Waals surface area contributed by atoms with Crippen LogP contribution in [0.5, 0.6) is 5.75 Å². The summed E-state index contributed by atoms with van der Waals surface area (Å²) in [6.07, 6.45) is -1.88. The maximum Gasteiger partial charge on any atom is 0.416 e. The van der Waals surface area contributed by atoms with E-state index in [1.165, 1.54) is 12.1 Å². The Hall–Kier alpha value is -4.71. The van der Waals surface area contributed by atoms with Gasteiger partial charge in [-0.1, -0.05) is 32.0 Å². The average Bonchev–Trinajstić information content (AvgIpc) is 2.98. The van der Waals surface area contributed by atoms with Gasteiger partial charge in [0.25, 0.3) is 0 Å². The molecule has 1 aromatic heterocycles. The standard InChI is InChI=1S/C31H30F4N6O2/c1-19(2)27-16-24(38-25-13-22(12-23(15-25)31(33,34)35)20-4-3-5-26(42)14-20)7-6-21(27)17-37-40-30-36-18-28(32)29(39-30)41-8-10-43-11-9-41/h3-7,12-19,38,42H,8-11H2,1-2H3,(H,36,39,40)/b37-17+. The smallest absolute Gasteiger partial charge is 0.416 e. The van der Waals surface area contributed by atoms with Crippen molar-refractivity contribution in [2.75, 3.05) is 41.9 Å². The molecule has 3 aromatic carbocycles. The van der Waals surface area contributed by atoms with Crippen molar-refractivity contribution < 1.29 is 27.4 Å². The topological polar surface area (TPSA) is 94.9 Å².